The third-order valence-electron chi connectivity index (χ3n) is 4.71. The maximum absolute atomic E-state index is 12.5. The van der Waals surface area contributed by atoms with Gasteiger partial charge in [-0.3, -0.25) is 9.69 Å². The molecule has 2 saturated heterocycles. The van der Waals surface area contributed by atoms with Crippen molar-refractivity contribution in [3.63, 3.8) is 0 Å². The summed E-state index contributed by atoms with van der Waals surface area (Å²) in [6.07, 6.45) is 0.943. The third kappa shape index (κ3) is 5.01. The number of hydrogen-bond donors (Lipinski definition) is 1. The first-order valence-corrected chi connectivity index (χ1v) is 8.86. The van der Waals surface area contributed by atoms with Crippen molar-refractivity contribution in [2.45, 2.75) is 64.7 Å². The number of ether oxygens (including phenoxy) is 2. The van der Waals surface area contributed by atoms with Crippen LogP contribution in [0, 0.1) is 11.8 Å². The van der Waals surface area contributed by atoms with E-state index in [0.29, 0.717) is 19.6 Å². The number of rotatable bonds is 4. The molecule has 7 heteroatoms. The van der Waals surface area contributed by atoms with Crippen molar-refractivity contribution in [1.82, 2.24) is 4.90 Å². The van der Waals surface area contributed by atoms with E-state index in [1.807, 2.05) is 0 Å². The van der Waals surface area contributed by atoms with Crippen molar-refractivity contribution in [3.05, 3.63) is 0 Å². The van der Waals surface area contributed by atoms with E-state index in [0.717, 1.165) is 12.8 Å². The summed E-state index contributed by atoms with van der Waals surface area (Å²) < 4.78 is 11.3. The van der Waals surface area contributed by atoms with Gasteiger partial charge in [0.25, 0.3) is 0 Å². The molecule has 2 aliphatic rings. The lowest BCUT2D eigenvalue weighted by Gasteiger charge is -2.29. The predicted molar refractivity (Wildman–Crippen MR) is 90.1 cm³/mol. The predicted octanol–water partition coefficient (Wildman–Crippen LogP) is 1.56. The Morgan fingerprint density at radius 3 is 2.52 bits per heavy atom. The van der Waals surface area contributed by atoms with Gasteiger partial charge in [0.2, 0.25) is 0 Å². The Morgan fingerprint density at radius 1 is 1.28 bits per heavy atom. The molecule has 0 saturated carbocycles. The molecule has 0 aliphatic carbocycles. The third-order valence-corrected chi connectivity index (χ3v) is 4.71. The second-order valence-corrected chi connectivity index (χ2v) is 8.09. The highest BCUT2D eigenvalue weighted by atomic mass is 16.6. The lowest BCUT2D eigenvalue weighted by atomic mass is 9.87. The molecule has 2 heterocycles. The monoisotopic (exact) mass is 355 g/mol. The molecule has 7 nitrogen and oxygen atoms in total. The summed E-state index contributed by atoms with van der Waals surface area (Å²) in [6.45, 7) is 7.00. The van der Waals surface area contributed by atoms with Gasteiger partial charge in [0.05, 0.1) is 6.10 Å². The molecule has 2 rings (SSSR count). The maximum Gasteiger partial charge on any atom is 0.411 e. The van der Waals surface area contributed by atoms with E-state index < -0.39 is 36.2 Å². The van der Waals surface area contributed by atoms with Gasteiger partial charge in [0.15, 0.2) is 5.78 Å². The molecule has 2 aliphatic heterocycles. The van der Waals surface area contributed by atoms with E-state index in [-0.39, 0.29) is 17.6 Å². The summed E-state index contributed by atoms with van der Waals surface area (Å²) in [5.41, 5.74) is -0.674. The van der Waals surface area contributed by atoms with Crippen molar-refractivity contribution < 1.29 is 29.0 Å². The van der Waals surface area contributed by atoms with Gasteiger partial charge in [-0.25, -0.2) is 4.79 Å². The number of carbonyl (C=O) groups excluding carboxylic acids is 3. The van der Waals surface area contributed by atoms with E-state index in [4.69, 9.17) is 9.47 Å². The molecule has 0 bridgehead atoms. The molecule has 1 N–H and O–H groups in total. The van der Waals surface area contributed by atoms with Crippen molar-refractivity contribution in [2.75, 3.05) is 19.8 Å². The topological polar surface area (TPSA) is 93.1 Å². The normalized spacial score (nSPS) is 29.7. The summed E-state index contributed by atoms with van der Waals surface area (Å²) in [6, 6.07) is -0.832. The molecule has 0 aromatic rings. The highest BCUT2D eigenvalue weighted by molar-refractivity contribution is 5.89. The molecule has 1 amide bonds. The number of Topliss-reactive ketones (excluding diaryl/α,β-unsaturated/α-hetero) is 2. The van der Waals surface area contributed by atoms with Crippen molar-refractivity contribution in [2.24, 2.45) is 11.8 Å². The summed E-state index contributed by atoms with van der Waals surface area (Å²) in [5.74, 6) is -0.160. The highest BCUT2D eigenvalue weighted by Gasteiger charge is 2.50. The van der Waals surface area contributed by atoms with Gasteiger partial charge in [-0.1, -0.05) is 0 Å². The summed E-state index contributed by atoms with van der Waals surface area (Å²) >= 11 is 0. The fourth-order valence-corrected chi connectivity index (χ4v) is 3.81. The minimum absolute atomic E-state index is 0.0418. The Bertz CT molecular complexity index is 526. The van der Waals surface area contributed by atoms with Crippen LogP contribution in [0.15, 0.2) is 0 Å². The minimum atomic E-state index is -0.832. The lowest BCUT2D eigenvalue weighted by molar-refractivity contribution is -0.130. The number of fused-ring (bicyclic) bond motifs is 1. The molecule has 0 spiro atoms. The molecule has 0 aromatic heterocycles. The van der Waals surface area contributed by atoms with Gasteiger partial charge in [0, 0.05) is 25.5 Å². The first-order valence-electron chi connectivity index (χ1n) is 8.86. The van der Waals surface area contributed by atoms with Crippen LogP contribution >= 0.6 is 0 Å². The Kier molecular flexibility index (Phi) is 6.21. The van der Waals surface area contributed by atoms with Crippen LogP contribution in [0.1, 0.15) is 47.0 Å². The molecule has 0 unspecified atom stereocenters. The number of ketones is 2. The fraction of sp³-hybridized carbons (Fsp3) is 0.833. The minimum Gasteiger partial charge on any atom is -0.444 e. The van der Waals surface area contributed by atoms with E-state index >= 15 is 0 Å². The Labute approximate surface area is 148 Å². The van der Waals surface area contributed by atoms with Crippen LogP contribution in [-0.2, 0) is 19.1 Å². The van der Waals surface area contributed by atoms with Crippen LogP contribution in [0.3, 0.4) is 0 Å². The maximum atomic E-state index is 12.5. The van der Waals surface area contributed by atoms with Crippen LogP contribution in [0.4, 0.5) is 4.79 Å². The van der Waals surface area contributed by atoms with Crippen molar-refractivity contribution in [3.8, 4) is 0 Å². The van der Waals surface area contributed by atoms with Crippen LogP contribution in [0.5, 0.6) is 0 Å². The largest absolute Gasteiger partial charge is 0.444 e. The zero-order valence-corrected chi connectivity index (χ0v) is 15.5. The SMILES string of the molecule is CC(=O)C[C@@H]1CCO[C@@H]2[C@@H](C1)CN(C(=O)OC(C)(C)C)[C@@H]2C(=O)CO. The number of hydrogen-bond acceptors (Lipinski definition) is 6. The van der Waals surface area contributed by atoms with Crippen LogP contribution < -0.4 is 0 Å². The average molecular weight is 355 g/mol. The fourth-order valence-electron chi connectivity index (χ4n) is 3.81. The van der Waals surface area contributed by atoms with Gasteiger partial charge in [-0.2, -0.15) is 0 Å². The van der Waals surface area contributed by atoms with Crippen molar-refractivity contribution in [1.29, 1.82) is 0 Å². The molecule has 0 aromatic carbocycles. The zero-order valence-electron chi connectivity index (χ0n) is 15.5. The van der Waals surface area contributed by atoms with E-state index in [9.17, 15) is 19.5 Å². The smallest absolute Gasteiger partial charge is 0.411 e. The molecule has 2 fully saturated rings. The number of carbonyl (C=O) groups is 3. The van der Waals surface area contributed by atoms with E-state index in [2.05, 4.69) is 0 Å². The standard InChI is InChI=1S/C18H29NO6/c1-11(21)7-12-5-6-24-16-13(8-12)9-19(15(16)14(22)10-20)17(23)25-18(2,3)4/h12-13,15-16,20H,5-10H2,1-4H3/t12-,13-,15+,16+/m0/s1. The first-order chi connectivity index (χ1) is 11.6. The second-order valence-electron chi connectivity index (χ2n) is 8.09. The van der Waals surface area contributed by atoms with E-state index in [1.165, 1.54) is 4.90 Å². The Hall–Kier alpha value is -1.47. The molecular formula is C18H29NO6. The number of nitrogens with zero attached hydrogens (tertiary/aromatic N) is 1. The number of aliphatic hydroxyl groups is 1. The lowest BCUT2D eigenvalue weighted by Crippen LogP contribution is -2.48. The molecule has 0 radical (unpaired) electrons. The van der Waals surface area contributed by atoms with Crippen molar-refractivity contribution >= 4 is 17.7 Å². The number of aliphatic hydroxyl groups excluding tert-OH is 1. The van der Waals surface area contributed by atoms with Gasteiger partial charge >= 0.3 is 6.09 Å². The summed E-state index contributed by atoms with van der Waals surface area (Å²) in [5, 5.41) is 9.33. The zero-order chi connectivity index (χ0) is 18.8. The van der Waals surface area contributed by atoms with Gasteiger partial charge < -0.3 is 19.4 Å². The molecule has 142 valence electrons. The van der Waals surface area contributed by atoms with Gasteiger partial charge in [-0.05, 0) is 46.5 Å². The average Bonchev–Trinajstić information content (AvgIpc) is 2.72. The van der Waals surface area contributed by atoms with Gasteiger partial charge in [0.1, 0.15) is 24.0 Å². The molecule has 25 heavy (non-hydrogen) atoms. The highest BCUT2D eigenvalue weighted by Crippen LogP contribution is 2.37. The van der Waals surface area contributed by atoms with Crippen LogP contribution in [0.2, 0.25) is 0 Å². The molecule has 4 atom stereocenters. The number of amides is 1. The summed E-state index contributed by atoms with van der Waals surface area (Å²) in [7, 11) is 0. The quantitative estimate of drug-likeness (QED) is 0.822. The van der Waals surface area contributed by atoms with Crippen LogP contribution in [0.25, 0.3) is 0 Å². The number of likely N-dealkylation sites (tertiary alicyclic amines) is 1. The summed E-state index contributed by atoms with van der Waals surface area (Å²) in [4.78, 5) is 37.7. The second kappa shape index (κ2) is 7.83. The van der Waals surface area contributed by atoms with Crippen LogP contribution in [-0.4, -0.2) is 65.2 Å². The van der Waals surface area contributed by atoms with Gasteiger partial charge in [-0.15, -0.1) is 0 Å². The molecular weight excluding hydrogens is 326 g/mol. The Morgan fingerprint density at radius 2 is 1.96 bits per heavy atom. The first kappa shape index (κ1) is 19.8. The Balaban J connectivity index is 2.20. The van der Waals surface area contributed by atoms with E-state index in [1.54, 1.807) is 27.7 Å².